The summed E-state index contributed by atoms with van der Waals surface area (Å²) in [7, 11) is 1.53. The van der Waals surface area contributed by atoms with Gasteiger partial charge in [0.05, 0.1) is 12.7 Å². The van der Waals surface area contributed by atoms with Crippen LogP contribution in [0.15, 0.2) is 24.3 Å². The van der Waals surface area contributed by atoms with E-state index < -0.39 is 11.7 Å². The minimum absolute atomic E-state index is 0.214. The van der Waals surface area contributed by atoms with Crippen LogP contribution in [-0.2, 0) is 4.74 Å². The summed E-state index contributed by atoms with van der Waals surface area (Å²) in [5, 5.41) is 5.69. The van der Waals surface area contributed by atoms with E-state index in [2.05, 4.69) is 24.5 Å². The topological polar surface area (TPSA) is 76.7 Å². The molecule has 2 N–H and O–H groups in total. The highest BCUT2D eigenvalue weighted by molar-refractivity contribution is 5.96. The number of amides is 2. The van der Waals surface area contributed by atoms with Crippen LogP contribution in [-0.4, -0.2) is 37.3 Å². The number of ether oxygens (including phenoxy) is 2. The van der Waals surface area contributed by atoms with E-state index >= 15 is 0 Å². The molecule has 1 rings (SSSR count). The second-order valence-corrected chi connectivity index (χ2v) is 7.38. The van der Waals surface area contributed by atoms with Gasteiger partial charge in [-0.25, -0.2) is 4.79 Å². The molecule has 25 heavy (non-hydrogen) atoms. The number of rotatable bonds is 7. The zero-order valence-electron chi connectivity index (χ0n) is 16.0. The molecule has 1 aromatic carbocycles. The molecule has 140 valence electrons. The number of hydrogen-bond acceptors (Lipinski definition) is 4. The second kappa shape index (κ2) is 9.30. The fourth-order valence-electron chi connectivity index (χ4n) is 2.38. The summed E-state index contributed by atoms with van der Waals surface area (Å²) in [6, 6.07) is 6.81. The molecule has 0 aliphatic heterocycles. The summed E-state index contributed by atoms with van der Waals surface area (Å²) in [4.78, 5) is 24.4. The molecule has 0 fully saturated rings. The summed E-state index contributed by atoms with van der Waals surface area (Å²) in [6.45, 7) is 9.88. The lowest BCUT2D eigenvalue weighted by Gasteiger charge is -2.25. The van der Waals surface area contributed by atoms with Crippen molar-refractivity contribution in [1.82, 2.24) is 10.6 Å². The first-order valence-corrected chi connectivity index (χ1v) is 8.53. The molecule has 0 aromatic heterocycles. The van der Waals surface area contributed by atoms with Crippen molar-refractivity contribution >= 4 is 12.0 Å². The normalized spacial score (nSPS) is 12.4. The van der Waals surface area contributed by atoms with Crippen LogP contribution in [0, 0.1) is 5.92 Å². The molecule has 1 atom stereocenters. The van der Waals surface area contributed by atoms with Crippen LogP contribution in [0.4, 0.5) is 4.79 Å². The predicted octanol–water partition coefficient (Wildman–Crippen LogP) is 3.36. The quantitative estimate of drug-likeness (QED) is 0.790. The zero-order chi connectivity index (χ0) is 19.0. The number of nitrogens with one attached hydrogen (secondary N) is 2. The number of hydrogen-bond donors (Lipinski definition) is 2. The molecular weight excluding hydrogens is 320 g/mol. The molecule has 0 aliphatic carbocycles. The lowest BCUT2D eigenvalue weighted by molar-refractivity contribution is 0.0496. The zero-order valence-corrected chi connectivity index (χ0v) is 16.0. The van der Waals surface area contributed by atoms with E-state index in [0.29, 0.717) is 23.8 Å². The van der Waals surface area contributed by atoms with Crippen LogP contribution in [0.2, 0.25) is 0 Å². The minimum atomic E-state index is -0.562. The Bertz CT molecular complexity index is 579. The minimum Gasteiger partial charge on any atom is -0.496 e. The number of carbonyl (C=O) groups excluding carboxylic acids is 2. The molecule has 1 aromatic rings. The molecule has 0 saturated heterocycles. The van der Waals surface area contributed by atoms with E-state index in [1.54, 1.807) is 24.3 Å². The molecule has 2 amide bonds. The number of methoxy groups -OCH3 is 1. The number of para-hydroxylation sites is 1. The van der Waals surface area contributed by atoms with Crippen LogP contribution >= 0.6 is 0 Å². The van der Waals surface area contributed by atoms with Crippen molar-refractivity contribution in [3.05, 3.63) is 29.8 Å². The molecule has 6 nitrogen and oxygen atoms in total. The Morgan fingerprint density at radius 2 is 1.80 bits per heavy atom. The maximum absolute atomic E-state index is 12.4. The molecular formula is C19H30N2O4. The van der Waals surface area contributed by atoms with E-state index in [0.717, 1.165) is 6.42 Å². The van der Waals surface area contributed by atoms with Gasteiger partial charge >= 0.3 is 6.09 Å². The Balaban J connectivity index is 2.69. The molecule has 0 saturated carbocycles. The highest BCUT2D eigenvalue weighted by atomic mass is 16.6. The summed E-state index contributed by atoms with van der Waals surface area (Å²) in [6.07, 6.45) is 0.246. The summed E-state index contributed by atoms with van der Waals surface area (Å²) < 4.78 is 10.5. The predicted molar refractivity (Wildman–Crippen MR) is 97.9 cm³/mol. The van der Waals surface area contributed by atoms with Gasteiger partial charge in [0, 0.05) is 12.6 Å². The Morgan fingerprint density at radius 1 is 1.16 bits per heavy atom. The molecule has 0 spiro atoms. The average molecular weight is 350 g/mol. The van der Waals surface area contributed by atoms with Crippen LogP contribution in [0.5, 0.6) is 5.75 Å². The maximum Gasteiger partial charge on any atom is 0.407 e. The third-order valence-corrected chi connectivity index (χ3v) is 3.34. The van der Waals surface area contributed by atoms with E-state index in [4.69, 9.17) is 9.47 Å². The monoisotopic (exact) mass is 350 g/mol. The fraction of sp³-hybridized carbons (Fsp3) is 0.579. The average Bonchev–Trinajstić information content (AvgIpc) is 2.49. The number of carbonyl (C=O) groups is 2. The van der Waals surface area contributed by atoms with Crippen LogP contribution in [0.1, 0.15) is 51.4 Å². The van der Waals surface area contributed by atoms with Crippen molar-refractivity contribution in [2.24, 2.45) is 5.92 Å². The first kappa shape index (κ1) is 20.8. The highest BCUT2D eigenvalue weighted by Crippen LogP contribution is 2.17. The SMILES string of the molecule is COc1ccccc1C(=O)NC[C@H](CC(C)C)NC(=O)OC(C)(C)C. The van der Waals surface area contributed by atoms with Gasteiger partial charge in [0.15, 0.2) is 0 Å². The Morgan fingerprint density at radius 3 is 2.36 bits per heavy atom. The third kappa shape index (κ3) is 7.92. The molecule has 0 radical (unpaired) electrons. The van der Waals surface area contributed by atoms with Crippen molar-refractivity contribution < 1.29 is 19.1 Å². The standard InChI is InChI=1S/C19H30N2O4/c1-13(2)11-14(21-18(23)25-19(3,4)5)12-20-17(22)15-9-7-8-10-16(15)24-6/h7-10,13-14H,11-12H2,1-6H3,(H,20,22)(H,21,23)/t14-/m0/s1. The van der Waals surface area contributed by atoms with Crippen LogP contribution in [0.3, 0.4) is 0 Å². The summed E-state index contributed by atoms with van der Waals surface area (Å²) in [5.74, 6) is 0.640. The molecule has 0 unspecified atom stereocenters. The van der Waals surface area contributed by atoms with Gasteiger partial charge in [-0.1, -0.05) is 26.0 Å². The van der Waals surface area contributed by atoms with Gasteiger partial charge in [-0.15, -0.1) is 0 Å². The van der Waals surface area contributed by atoms with E-state index in [-0.39, 0.29) is 11.9 Å². The lowest BCUT2D eigenvalue weighted by Crippen LogP contribution is -2.46. The molecule has 0 heterocycles. The Kier molecular flexibility index (Phi) is 7.74. The van der Waals surface area contributed by atoms with Gasteiger partial charge in [0.25, 0.3) is 5.91 Å². The van der Waals surface area contributed by atoms with Crippen molar-refractivity contribution in [3.8, 4) is 5.75 Å². The third-order valence-electron chi connectivity index (χ3n) is 3.34. The summed E-state index contributed by atoms with van der Waals surface area (Å²) >= 11 is 0. The van der Waals surface area contributed by atoms with Gasteiger partial charge in [-0.05, 0) is 45.2 Å². The van der Waals surface area contributed by atoms with Crippen molar-refractivity contribution in [3.63, 3.8) is 0 Å². The van der Waals surface area contributed by atoms with Crippen LogP contribution in [0.25, 0.3) is 0 Å². The Labute approximate surface area is 150 Å². The van der Waals surface area contributed by atoms with Gasteiger partial charge in [0.1, 0.15) is 11.4 Å². The molecule has 0 aliphatic rings. The second-order valence-electron chi connectivity index (χ2n) is 7.38. The number of benzene rings is 1. The Hall–Kier alpha value is -2.24. The van der Waals surface area contributed by atoms with E-state index in [1.165, 1.54) is 7.11 Å². The van der Waals surface area contributed by atoms with Crippen molar-refractivity contribution in [2.75, 3.05) is 13.7 Å². The lowest BCUT2D eigenvalue weighted by atomic mass is 10.0. The number of alkyl carbamates (subject to hydrolysis) is 1. The van der Waals surface area contributed by atoms with Crippen LogP contribution < -0.4 is 15.4 Å². The smallest absolute Gasteiger partial charge is 0.407 e. The van der Waals surface area contributed by atoms with E-state index in [9.17, 15) is 9.59 Å². The fourth-order valence-corrected chi connectivity index (χ4v) is 2.38. The van der Waals surface area contributed by atoms with Crippen molar-refractivity contribution in [2.45, 2.75) is 52.7 Å². The first-order chi connectivity index (χ1) is 11.6. The largest absolute Gasteiger partial charge is 0.496 e. The van der Waals surface area contributed by atoms with Crippen molar-refractivity contribution in [1.29, 1.82) is 0 Å². The first-order valence-electron chi connectivity index (χ1n) is 8.53. The summed E-state index contributed by atoms with van der Waals surface area (Å²) in [5.41, 5.74) is -0.0989. The van der Waals surface area contributed by atoms with Gasteiger partial charge in [0.2, 0.25) is 0 Å². The highest BCUT2D eigenvalue weighted by Gasteiger charge is 2.21. The molecule has 0 bridgehead atoms. The van der Waals surface area contributed by atoms with E-state index in [1.807, 2.05) is 20.8 Å². The maximum atomic E-state index is 12.4. The van der Waals surface area contributed by atoms with Gasteiger partial charge in [-0.2, -0.15) is 0 Å². The van der Waals surface area contributed by atoms with Gasteiger partial charge in [-0.3, -0.25) is 4.79 Å². The van der Waals surface area contributed by atoms with Gasteiger partial charge < -0.3 is 20.1 Å². The molecule has 6 heteroatoms.